The molecular formula is C22H22N6. The molecule has 6 heteroatoms. The number of hydrogen-bond donors (Lipinski definition) is 2. The summed E-state index contributed by atoms with van der Waals surface area (Å²) in [6, 6.07) is 15.1. The summed E-state index contributed by atoms with van der Waals surface area (Å²) in [4.78, 5) is 19.5. The number of hydrogen-bond acceptors (Lipinski definition) is 5. The Morgan fingerprint density at radius 2 is 2.00 bits per heavy atom. The highest BCUT2D eigenvalue weighted by molar-refractivity contribution is 5.88. The number of aryl methyl sites for hydroxylation is 1. The van der Waals surface area contributed by atoms with Crippen molar-refractivity contribution >= 4 is 16.6 Å². The van der Waals surface area contributed by atoms with E-state index in [-0.39, 0.29) is 0 Å². The Kier molecular flexibility index (Phi) is 4.06. The lowest BCUT2D eigenvalue weighted by Gasteiger charge is -2.40. The Morgan fingerprint density at radius 1 is 1.11 bits per heavy atom. The molecular weight excluding hydrogens is 348 g/mol. The van der Waals surface area contributed by atoms with Crippen LogP contribution in [-0.4, -0.2) is 46.1 Å². The number of H-pyrrole nitrogens is 1. The number of benzene rings is 1. The molecule has 6 nitrogen and oxygen atoms in total. The van der Waals surface area contributed by atoms with Gasteiger partial charge in [0, 0.05) is 35.8 Å². The maximum atomic E-state index is 4.65. The van der Waals surface area contributed by atoms with Crippen LogP contribution in [0, 0.1) is 6.92 Å². The van der Waals surface area contributed by atoms with Crippen molar-refractivity contribution < 1.29 is 0 Å². The summed E-state index contributed by atoms with van der Waals surface area (Å²) >= 11 is 0. The topological polar surface area (TPSA) is 69.7 Å². The zero-order chi connectivity index (χ0) is 19.1. The number of fused-ring (bicyclic) bond motifs is 1. The van der Waals surface area contributed by atoms with Gasteiger partial charge in [0.15, 0.2) is 0 Å². The smallest absolute Gasteiger partial charge is 0.0977 e. The summed E-state index contributed by atoms with van der Waals surface area (Å²) in [6.45, 7) is 4.04. The number of likely N-dealkylation sites (N-methyl/N-ethyl adjacent to an activating group) is 1. The molecule has 28 heavy (non-hydrogen) atoms. The fraction of sp³-hybridized carbons (Fsp3) is 0.227. The van der Waals surface area contributed by atoms with Crippen molar-refractivity contribution in [3.63, 3.8) is 0 Å². The third-order valence-corrected chi connectivity index (χ3v) is 5.38. The van der Waals surface area contributed by atoms with Gasteiger partial charge in [-0.25, -0.2) is 4.98 Å². The van der Waals surface area contributed by atoms with E-state index in [0.29, 0.717) is 6.04 Å². The minimum atomic E-state index is 0.565. The van der Waals surface area contributed by atoms with Gasteiger partial charge in [0.05, 0.1) is 40.8 Å². The standard InChI is InChI=1S/C22H22N6/c1-14-4-3-5-20(27-14)22-21(25-13-26-22)15-6-7-19-16(8-15)9-18(10-24-19)28-11-17(12-28)23-2/h3-10,13,17,23H,11-12H2,1-2H3,(H,25,26). The van der Waals surface area contributed by atoms with Gasteiger partial charge in [-0.15, -0.1) is 0 Å². The fourth-order valence-electron chi connectivity index (χ4n) is 3.70. The van der Waals surface area contributed by atoms with E-state index >= 15 is 0 Å². The Labute approximate surface area is 163 Å². The first kappa shape index (κ1) is 16.9. The Bertz CT molecular complexity index is 1140. The molecule has 1 aliphatic rings. The van der Waals surface area contributed by atoms with Gasteiger partial charge in [-0.05, 0) is 44.3 Å². The first-order valence-corrected chi connectivity index (χ1v) is 9.51. The number of aromatic nitrogens is 4. The molecule has 2 N–H and O–H groups in total. The SMILES string of the molecule is CNC1CN(c2cnc3ccc(-c4nc[nH]c4-c4cccc(C)n4)cc3c2)C1. The second-order valence-corrected chi connectivity index (χ2v) is 7.28. The summed E-state index contributed by atoms with van der Waals surface area (Å²) in [5, 5.41) is 4.43. The third kappa shape index (κ3) is 2.92. The molecule has 1 fully saturated rings. The average Bonchev–Trinajstić information content (AvgIpc) is 3.16. The van der Waals surface area contributed by atoms with Crippen LogP contribution >= 0.6 is 0 Å². The monoisotopic (exact) mass is 370 g/mol. The normalized spacial score (nSPS) is 14.4. The number of rotatable bonds is 4. The van der Waals surface area contributed by atoms with E-state index in [1.54, 1.807) is 6.33 Å². The zero-order valence-electron chi connectivity index (χ0n) is 16.0. The lowest BCUT2D eigenvalue weighted by molar-refractivity contribution is 0.450. The fourth-order valence-corrected chi connectivity index (χ4v) is 3.70. The van der Waals surface area contributed by atoms with Gasteiger partial charge in [-0.2, -0.15) is 0 Å². The summed E-state index contributed by atoms with van der Waals surface area (Å²) < 4.78 is 0. The van der Waals surface area contributed by atoms with Crippen molar-refractivity contribution in [2.24, 2.45) is 0 Å². The molecule has 0 amide bonds. The second kappa shape index (κ2) is 6.73. The molecule has 0 radical (unpaired) electrons. The van der Waals surface area contributed by atoms with Crippen molar-refractivity contribution in [3.05, 3.63) is 60.7 Å². The summed E-state index contributed by atoms with van der Waals surface area (Å²) in [7, 11) is 2.01. The van der Waals surface area contributed by atoms with Crippen molar-refractivity contribution in [1.29, 1.82) is 0 Å². The van der Waals surface area contributed by atoms with E-state index in [9.17, 15) is 0 Å². The molecule has 4 aromatic rings. The number of nitrogens with one attached hydrogen (secondary N) is 2. The number of pyridine rings is 2. The highest BCUT2D eigenvalue weighted by atomic mass is 15.2. The minimum absolute atomic E-state index is 0.565. The van der Waals surface area contributed by atoms with E-state index in [1.807, 2.05) is 38.4 Å². The van der Waals surface area contributed by atoms with Crippen LogP contribution in [0.2, 0.25) is 0 Å². The van der Waals surface area contributed by atoms with Crippen LogP contribution in [0.1, 0.15) is 5.69 Å². The molecule has 1 aromatic carbocycles. The predicted octanol–water partition coefficient (Wildman–Crippen LogP) is 3.40. The van der Waals surface area contributed by atoms with Crippen LogP contribution in [0.3, 0.4) is 0 Å². The highest BCUT2D eigenvalue weighted by Crippen LogP contribution is 2.31. The zero-order valence-corrected chi connectivity index (χ0v) is 16.0. The van der Waals surface area contributed by atoms with Crippen molar-refractivity contribution in [3.8, 4) is 22.6 Å². The van der Waals surface area contributed by atoms with Crippen LogP contribution in [-0.2, 0) is 0 Å². The molecule has 0 bridgehead atoms. The van der Waals surface area contributed by atoms with Crippen molar-refractivity contribution in [2.45, 2.75) is 13.0 Å². The van der Waals surface area contributed by atoms with E-state index in [4.69, 9.17) is 0 Å². The largest absolute Gasteiger partial charge is 0.367 e. The maximum Gasteiger partial charge on any atom is 0.0977 e. The Morgan fingerprint density at radius 3 is 2.82 bits per heavy atom. The molecule has 1 aliphatic heterocycles. The van der Waals surface area contributed by atoms with Crippen LogP contribution in [0.25, 0.3) is 33.5 Å². The van der Waals surface area contributed by atoms with Gasteiger partial charge in [0.1, 0.15) is 0 Å². The average molecular weight is 370 g/mol. The summed E-state index contributed by atoms with van der Waals surface area (Å²) in [6.07, 6.45) is 3.69. The van der Waals surface area contributed by atoms with Gasteiger partial charge >= 0.3 is 0 Å². The van der Waals surface area contributed by atoms with Crippen LogP contribution < -0.4 is 10.2 Å². The maximum absolute atomic E-state index is 4.65. The van der Waals surface area contributed by atoms with Gasteiger partial charge in [0.2, 0.25) is 0 Å². The van der Waals surface area contributed by atoms with Crippen molar-refractivity contribution in [1.82, 2.24) is 25.3 Å². The van der Waals surface area contributed by atoms with Crippen LogP contribution in [0.5, 0.6) is 0 Å². The van der Waals surface area contributed by atoms with Gasteiger partial charge in [-0.3, -0.25) is 9.97 Å². The van der Waals surface area contributed by atoms with E-state index in [1.165, 1.54) is 5.69 Å². The summed E-state index contributed by atoms with van der Waals surface area (Å²) in [5.41, 5.74) is 6.94. The molecule has 0 saturated carbocycles. The summed E-state index contributed by atoms with van der Waals surface area (Å²) in [5.74, 6) is 0. The van der Waals surface area contributed by atoms with Gasteiger partial charge in [-0.1, -0.05) is 12.1 Å². The van der Waals surface area contributed by atoms with E-state index in [2.05, 4.69) is 54.4 Å². The molecule has 3 aromatic heterocycles. The number of aromatic amines is 1. The van der Waals surface area contributed by atoms with Crippen LogP contribution in [0.15, 0.2) is 55.0 Å². The molecule has 0 unspecified atom stereocenters. The van der Waals surface area contributed by atoms with Gasteiger partial charge < -0.3 is 15.2 Å². The minimum Gasteiger partial charge on any atom is -0.367 e. The van der Waals surface area contributed by atoms with E-state index in [0.717, 1.165) is 52.3 Å². The third-order valence-electron chi connectivity index (χ3n) is 5.38. The van der Waals surface area contributed by atoms with Crippen LogP contribution in [0.4, 0.5) is 5.69 Å². The predicted molar refractivity (Wildman–Crippen MR) is 112 cm³/mol. The molecule has 4 heterocycles. The number of imidazole rings is 1. The first-order chi connectivity index (χ1) is 13.7. The second-order valence-electron chi connectivity index (χ2n) is 7.28. The molecule has 140 valence electrons. The van der Waals surface area contributed by atoms with Crippen molar-refractivity contribution in [2.75, 3.05) is 25.0 Å². The molecule has 1 saturated heterocycles. The highest BCUT2D eigenvalue weighted by Gasteiger charge is 2.25. The first-order valence-electron chi connectivity index (χ1n) is 9.51. The Balaban J connectivity index is 1.53. The molecule has 0 spiro atoms. The molecule has 5 rings (SSSR count). The number of anilines is 1. The number of nitrogens with zero attached hydrogens (tertiary/aromatic N) is 4. The molecule has 0 atom stereocenters. The molecule has 0 aliphatic carbocycles. The lowest BCUT2D eigenvalue weighted by atomic mass is 10.0. The Hall–Kier alpha value is -3.25. The lowest BCUT2D eigenvalue weighted by Crippen LogP contribution is -2.57. The van der Waals surface area contributed by atoms with Gasteiger partial charge in [0.25, 0.3) is 0 Å². The van der Waals surface area contributed by atoms with E-state index < -0.39 is 0 Å². The quantitative estimate of drug-likeness (QED) is 0.576.